The molecule has 1 N–H and O–H groups in total. The molecule has 9 nitrogen and oxygen atoms in total. The molecular formula is C20H27NO8S. The van der Waals surface area contributed by atoms with Crippen LogP contribution in [-0.4, -0.2) is 80.1 Å². The molecular weight excluding hydrogens is 414 g/mol. The van der Waals surface area contributed by atoms with Crippen molar-refractivity contribution in [2.24, 2.45) is 4.99 Å². The predicted octanol–water partition coefficient (Wildman–Crippen LogP) is 2.01. The molecule has 0 saturated heterocycles. The maximum absolute atomic E-state index is 11.5. The Morgan fingerprint density at radius 3 is 2.40 bits per heavy atom. The Morgan fingerprint density at radius 1 is 1.13 bits per heavy atom. The molecule has 0 aliphatic carbocycles. The fourth-order valence-electron chi connectivity index (χ4n) is 2.44. The lowest BCUT2D eigenvalue weighted by atomic mass is 10.1. The second-order valence-corrected chi connectivity index (χ2v) is 7.57. The zero-order valence-electron chi connectivity index (χ0n) is 17.3. The van der Waals surface area contributed by atoms with Crippen LogP contribution in [0.15, 0.2) is 23.2 Å². The SMILES string of the molecule is COCCOCCOCCOc1ccc(C2=NC(C)(C(=O)O)CS2)c(OC(C)=O)c1. The molecule has 10 heteroatoms. The Bertz CT molecular complexity index is 769. The maximum Gasteiger partial charge on any atom is 0.332 e. The Hall–Kier alpha value is -2.14. The number of aliphatic imine (C=N–C) groups is 1. The van der Waals surface area contributed by atoms with Crippen LogP contribution in [0.5, 0.6) is 11.5 Å². The van der Waals surface area contributed by atoms with E-state index in [0.29, 0.717) is 61.8 Å². The molecule has 0 bridgehead atoms. The number of hydrogen-bond donors (Lipinski definition) is 1. The molecule has 0 spiro atoms. The van der Waals surface area contributed by atoms with Crippen LogP contribution in [0.1, 0.15) is 19.4 Å². The van der Waals surface area contributed by atoms with Crippen molar-refractivity contribution in [3.05, 3.63) is 23.8 Å². The van der Waals surface area contributed by atoms with Crippen LogP contribution in [0.4, 0.5) is 0 Å². The molecule has 0 saturated carbocycles. The molecule has 0 radical (unpaired) electrons. The van der Waals surface area contributed by atoms with Gasteiger partial charge in [-0.3, -0.25) is 9.79 Å². The first-order valence-corrected chi connectivity index (χ1v) is 10.4. The number of carbonyl (C=O) groups excluding carboxylic acids is 1. The number of nitrogens with zero attached hydrogens (tertiary/aromatic N) is 1. The molecule has 1 atom stereocenters. The molecule has 1 aliphatic rings. The fourth-order valence-corrected chi connectivity index (χ4v) is 3.63. The van der Waals surface area contributed by atoms with Gasteiger partial charge in [0.25, 0.3) is 0 Å². The molecule has 2 rings (SSSR count). The van der Waals surface area contributed by atoms with Gasteiger partial charge in [-0.15, -0.1) is 11.8 Å². The number of carboxylic acids is 1. The van der Waals surface area contributed by atoms with Crippen molar-refractivity contribution in [3.8, 4) is 11.5 Å². The maximum atomic E-state index is 11.5. The van der Waals surface area contributed by atoms with Crippen molar-refractivity contribution in [1.82, 2.24) is 0 Å². The summed E-state index contributed by atoms with van der Waals surface area (Å²) in [6.07, 6.45) is 0. The minimum Gasteiger partial charge on any atom is -0.491 e. The number of carbonyl (C=O) groups is 2. The van der Waals surface area contributed by atoms with Gasteiger partial charge in [0.15, 0.2) is 5.54 Å². The van der Waals surface area contributed by atoms with Crippen LogP contribution < -0.4 is 9.47 Å². The van der Waals surface area contributed by atoms with Gasteiger partial charge in [0.1, 0.15) is 23.1 Å². The van der Waals surface area contributed by atoms with E-state index in [0.717, 1.165) is 0 Å². The zero-order valence-corrected chi connectivity index (χ0v) is 18.2. The first-order valence-electron chi connectivity index (χ1n) is 9.42. The number of ether oxygens (including phenoxy) is 5. The lowest BCUT2D eigenvalue weighted by Gasteiger charge is -2.13. The smallest absolute Gasteiger partial charge is 0.332 e. The predicted molar refractivity (Wildman–Crippen MR) is 112 cm³/mol. The van der Waals surface area contributed by atoms with Gasteiger partial charge < -0.3 is 28.8 Å². The average molecular weight is 442 g/mol. The number of aliphatic carboxylic acids is 1. The van der Waals surface area contributed by atoms with Gasteiger partial charge >= 0.3 is 11.9 Å². The van der Waals surface area contributed by atoms with Gasteiger partial charge in [-0.1, -0.05) is 0 Å². The molecule has 30 heavy (non-hydrogen) atoms. The number of thioether (sulfide) groups is 1. The number of carboxylic acid groups (broad SMARTS) is 1. The highest BCUT2D eigenvalue weighted by Crippen LogP contribution is 2.36. The van der Waals surface area contributed by atoms with Crippen LogP contribution in [0.3, 0.4) is 0 Å². The Balaban J connectivity index is 1.93. The summed E-state index contributed by atoms with van der Waals surface area (Å²) < 4.78 is 26.6. The minimum absolute atomic E-state index is 0.272. The number of hydrogen-bond acceptors (Lipinski definition) is 9. The van der Waals surface area contributed by atoms with E-state index in [1.807, 2.05) is 0 Å². The molecule has 1 aromatic carbocycles. The molecule has 166 valence electrons. The van der Waals surface area contributed by atoms with Gasteiger partial charge in [-0.05, 0) is 19.1 Å². The number of benzene rings is 1. The first kappa shape index (κ1) is 24.1. The summed E-state index contributed by atoms with van der Waals surface area (Å²) in [5.74, 6) is -0.409. The van der Waals surface area contributed by atoms with Crippen molar-refractivity contribution in [2.45, 2.75) is 19.4 Å². The first-order chi connectivity index (χ1) is 14.4. The van der Waals surface area contributed by atoms with Crippen LogP contribution in [0.2, 0.25) is 0 Å². The molecule has 1 aliphatic heterocycles. The van der Waals surface area contributed by atoms with Gasteiger partial charge in [0.05, 0.1) is 33.0 Å². The van der Waals surface area contributed by atoms with Gasteiger partial charge in [-0.25, -0.2) is 4.79 Å². The van der Waals surface area contributed by atoms with Crippen molar-refractivity contribution in [1.29, 1.82) is 0 Å². The Morgan fingerprint density at radius 2 is 1.80 bits per heavy atom. The topological polar surface area (TPSA) is 113 Å². The number of rotatable bonds is 13. The van der Waals surface area contributed by atoms with Gasteiger partial charge in [-0.2, -0.15) is 0 Å². The van der Waals surface area contributed by atoms with E-state index in [4.69, 9.17) is 23.7 Å². The zero-order chi connectivity index (χ0) is 22.0. The van der Waals surface area contributed by atoms with Crippen LogP contribution in [-0.2, 0) is 23.8 Å². The minimum atomic E-state index is -1.20. The van der Waals surface area contributed by atoms with E-state index in [2.05, 4.69) is 4.99 Å². The van der Waals surface area contributed by atoms with Gasteiger partial charge in [0.2, 0.25) is 0 Å². The summed E-state index contributed by atoms with van der Waals surface area (Å²) in [5.41, 5.74) is -0.648. The number of esters is 1. The normalized spacial score (nSPS) is 18.2. The van der Waals surface area contributed by atoms with E-state index < -0.39 is 17.5 Å². The molecule has 0 fully saturated rings. The quantitative estimate of drug-likeness (QED) is 0.279. The Kier molecular flexibility index (Phi) is 9.57. The van der Waals surface area contributed by atoms with Crippen molar-refractivity contribution >= 4 is 28.7 Å². The molecule has 1 heterocycles. The van der Waals surface area contributed by atoms with Crippen LogP contribution in [0, 0.1) is 0 Å². The van der Waals surface area contributed by atoms with Crippen molar-refractivity contribution < 1.29 is 38.4 Å². The second-order valence-electron chi connectivity index (χ2n) is 6.60. The summed E-state index contributed by atoms with van der Waals surface area (Å²) in [6, 6.07) is 5.01. The summed E-state index contributed by atoms with van der Waals surface area (Å²) in [7, 11) is 1.61. The second kappa shape index (κ2) is 11.9. The molecule has 0 amide bonds. The largest absolute Gasteiger partial charge is 0.491 e. The third kappa shape index (κ3) is 7.28. The molecule has 1 unspecified atom stereocenters. The van der Waals surface area contributed by atoms with E-state index in [9.17, 15) is 14.7 Å². The average Bonchev–Trinajstić information content (AvgIpc) is 3.10. The fraction of sp³-hybridized carbons (Fsp3) is 0.550. The highest BCUT2D eigenvalue weighted by atomic mass is 32.2. The van der Waals surface area contributed by atoms with E-state index in [1.165, 1.54) is 18.7 Å². The standard InChI is InChI=1S/C20H27NO8S/c1-14(22)29-17-12-15(28-11-10-27-9-8-26-7-6-25-3)4-5-16(17)18-21-20(2,13-30-18)19(23)24/h4-5,12H,6-11,13H2,1-3H3,(H,23,24). The highest BCUT2D eigenvalue weighted by molar-refractivity contribution is 8.14. The summed E-state index contributed by atoms with van der Waals surface area (Å²) >= 11 is 1.31. The molecule has 0 aromatic heterocycles. The third-order valence-corrected chi connectivity index (χ3v) is 5.33. The lowest BCUT2D eigenvalue weighted by Crippen LogP contribution is -2.33. The highest BCUT2D eigenvalue weighted by Gasteiger charge is 2.39. The summed E-state index contributed by atoms with van der Waals surface area (Å²) in [4.78, 5) is 27.3. The van der Waals surface area contributed by atoms with E-state index >= 15 is 0 Å². The van der Waals surface area contributed by atoms with Crippen LogP contribution >= 0.6 is 11.8 Å². The summed E-state index contributed by atoms with van der Waals surface area (Å²) in [6.45, 7) is 5.53. The van der Waals surface area contributed by atoms with Crippen LogP contribution in [0.25, 0.3) is 0 Å². The van der Waals surface area contributed by atoms with Crippen molar-refractivity contribution in [2.75, 3.05) is 52.5 Å². The van der Waals surface area contributed by atoms with Gasteiger partial charge in [0, 0.05) is 31.4 Å². The Labute approximate surface area is 179 Å². The number of methoxy groups -OCH3 is 1. The monoisotopic (exact) mass is 441 g/mol. The lowest BCUT2D eigenvalue weighted by molar-refractivity contribution is -0.141. The van der Waals surface area contributed by atoms with E-state index in [-0.39, 0.29) is 5.75 Å². The third-order valence-electron chi connectivity index (χ3n) is 4.04. The van der Waals surface area contributed by atoms with E-state index in [1.54, 1.807) is 32.2 Å². The molecule has 1 aromatic rings. The summed E-state index contributed by atoms with van der Waals surface area (Å²) in [5, 5.41) is 9.87. The van der Waals surface area contributed by atoms with Crippen molar-refractivity contribution in [3.63, 3.8) is 0 Å².